The van der Waals surface area contributed by atoms with E-state index in [4.69, 9.17) is 39.5 Å². The van der Waals surface area contributed by atoms with E-state index >= 15 is 0 Å². The molecule has 0 aliphatic rings. The van der Waals surface area contributed by atoms with Gasteiger partial charge < -0.3 is 14.9 Å². The highest BCUT2D eigenvalue weighted by Gasteiger charge is 2.08. The van der Waals surface area contributed by atoms with Crippen molar-refractivity contribution in [3.05, 3.63) is 80.8 Å². The van der Waals surface area contributed by atoms with E-state index in [2.05, 4.69) is 0 Å². The van der Waals surface area contributed by atoms with E-state index in [0.717, 1.165) is 11.1 Å². The SMILES string of the molecule is Oc1ccc(Cc2ccc(Oc3ccc(O)c(Cl)c3)c(Cl)c2)cc1Cl. The van der Waals surface area contributed by atoms with Crippen LogP contribution >= 0.6 is 34.8 Å². The monoisotopic (exact) mass is 394 g/mol. The van der Waals surface area contributed by atoms with Crippen molar-refractivity contribution in [2.45, 2.75) is 6.42 Å². The first-order valence-corrected chi connectivity index (χ1v) is 8.48. The molecule has 0 radical (unpaired) electrons. The minimum absolute atomic E-state index is 0.0111. The van der Waals surface area contributed by atoms with Crippen LogP contribution in [0.2, 0.25) is 15.1 Å². The smallest absolute Gasteiger partial charge is 0.146 e. The maximum absolute atomic E-state index is 9.47. The van der Waals surface area contributed by atoms with Gasteiger partial charge in [-0.1, -0.05) is 46.9 Å². The molecule has 0 aliphatic heterocycles. The minimum Gasteiger partial charge on any atom is -0.506 e. The highest BCUT2D eigenvalue weighted by atomic mass is 35.5. The molecule has 2 N–H and O–H groups in total. The molecule has 6 heteroatoms. The topological polar surface area (TPSA) is 49.7 Å². The van der Waals surface area contributed by atoms with Gasteiger partial charge in [0.05, 0.1) is 15.1 Å². The van der Waals surface area contributed by atoms with Crippen LogP contribution < -0.4 is 4.74 Å². The fourth-order valence-electron chi connectivity index (χ4n) is 2.31. The number of aromatic hydroxyl groups is 2. The van der Waals surface area contributed by atoms with Gasteiger partial charge >= 0.3 is 0 Å². The molecule has 3 aromatic carbocycles. The first kappa shape index (κ1) is 17.7. The molecule has 3 nitrogen and oxygen atoms in total. The third-order valence-corrected chi connectivity index (χ3v) is 4.46. The van der Waals surface area contributed by atoms with Gasteiger partial charge in [-0.05, 0) is 53.9 Å². The number of benzene rings is 3. The van der Waals surface area contributed by atoms with Crippen LogP contribution in [-0.2, 0) is 6.42 Å². The third-order valence-electron chi connectivity index (χ3n) is 3.56. The zero-order chi connectivity index (χ0) is 18.0. The molecule has 0 aliphatic carbocycles. The Kier molecular flexibility index (Phi) is 5.28. The van der Waals surface area contributed by atoms with Gasteiger partial charge in [0.1, 0.15) is 23.0 Å². The second-order valence-electron chi connectivity index (χ2n) is 5.44. The zero-order valence-electron chi connectivity index (χ0n) is 12.8. The maximum Gasteiger partial charge on any atom is 0.146 e. The van der Waals surface area contributed by atoms with E-state index < -0.39 is 0 Å². The predicted octanol–water partition coefficient (Wildman–Crippen LogP) is 6.44. The van der Waals surface area contributed by atoms with Crippen LogP contribution in [0.15, 0.2) is 54.6 Å². The molecule has 0 saturated heterocycles. The third kappa shape index (κ3) is 4.31. The van der Waals surface area contributed by atoms with Crippen LogP contribution in [0.1, 0.15) is 11.1 Å². The Hall–Kier alpha value is -2.07. The number of phenols is 2. The molecule has 0 atom stereocenters. The van der Waals surface area contributed by atoms with Gasteiger partial charge in [-0.25, -0.2) is 0 Å². The van der Waals surface area contributed by atoms with Crippen molar-refractivity contribution in [1.82, 2.24) is 0 Å². The van der Waals surface area contributed by atoms with Crippen LogP contribution in [0.25, 0.3) is 0 Å². The second-order valence-corrected chi connectivity index (χ2v) is 6.66. The molecule has 0 amide bonds. The lowest BCUT2D eigenvalue weighted by Crippen LogP contribution is -1.91. The zero-order valence-corrected chi connectivity index (χ0v) is 15.1. The van der Waals surface area contributed by atoms with Gasteiger partial charge in [-0.2, -0.15) is 0 Å². The van der Waals surface area contributed by atoms with Crippen LogP contribution in [0.3, 0.4) is 0 Å². The van der Waals surface area contributed by atoms with Crippen molar-refractivity contribution in [2.75, 3.05) is 0 Å². The summed E-state index contributed by atoms with van der Waals surface area (Å²) in [5.74, 6) is 1.00. The van der Waals surface area contributed by atoms with Crippen molar-refractivity contribution < 1.29 is 14.9 Å². The summed E-state index contributed by atoms with van der Waals surface area (Å²) in [6.07, 6.45) is 0.616. The Morgan fingerprint density at radius 3 is 1.84 bits per heavy atom. The summed E-state index contributed by atoms with van der Waals surface area (Å²) in [6.45, 7) is 0. The molecule has 0 aromatic heterocycles. The fourth-order valence-corrected chi connectivity index (χ4v) is 2.93. The predicted molar refractivity (Wildman–Crippen MR) is 101 cm³/mol. The molecule has 3 aromatic rings. The van der Waals surface area contributed by atoms with Crippen LogP contribution in [0, 0.1) is 0 Å². The Morgan fingerprint density at radius 2 is 1.24 bits per heavy atom. The highest BCUT2D eigenvalue weighted by molar-refractivity contribution is 6.32. The van der Waals surface area contributed by atoms with Crippen LogP contribution in [0.5, 0.6) is 23.0 Å². The largest absolute Gasteiger partial charge is 0.506 e. The van der Waals surface area contributed by atoms with Gasteiger partial charge in [0.15, 0.2) is 0 Å². The Balaban J connectivity index is 1.78. The van der Waals surface area contributed by atoms with Crippen molar-refractivity contribution in [3.63, 3.8) is 0 Å². The molecule has 0 spiro atoms. The van der Waals surface area contributed by atoms with Crippen molar-refractivity contribution in [3.8, 4) is 23.0 Å². The molecule has 0 fully saturated rings. The van der Waals surface area contributed by atoms with Crippen molar-refractivity contribution in [1.29, 1.82) is 0 Å². The number of phenolic OH excluding ortho intramolecular Hbond substituents is 2. The molecule has 0 unspecified atom stereocenters. The summed E-state index contributed by atoms with van der Waals surface area (Å²) in [4.78, 5) is 0. The molecular weight excluding hydrogens is 383 g/mol. The van der Waals surface area contributed by atoms with Gasteiger partial charge in [-0.3, -0.25) is 0 Å². The van der Waals surface area contributed by atoms with E-state index in [1.54, 1.807) is 36.4 Å². The number of ether oxygens (including phenoxy) is 1. The summed E-state index contributed by atoms with van der Waals surface area (Å²) in [7, 11) is 0. The van der Waals surface area contributed by atoms with Gasteiger partial charge in [0.25, 0.3) is 0 Å². The van der Waals surface area contributed by atoms with Crippen molar-refractivity contribution in [2.24, 2.45) is 0 Å². The highest BCUT2D eigenvalue weighted by Crippen LogP contribution is 2.34. The quantitative estimate of drug-likeness (QED) is 0.534. The van der Waals surface area contributed by atoms with Gasteiger partial charge in [0.2, 0.25) is 0 Å². The summed E-state index contributed by atoms with van der Waals surface area (Å²) < 4.78 is 5.70. The van der Waals surface area contributed by atoms with E-state index in [1.165, 1.54) is 12.1 Å². The molecule has 25 heavy (non-hydrogen) atoms. The molecule has 3 rings (SSSR count). The van der Waals surface area contributed by atoms with Crippen LogP contribution in [0.4, 0.5) is 0 Å². The van der Waals surface area contributed by atoms with E-state index in [1.807, 2.05) is 6.07 Å². The van der Waals surface area contributed by atoms with Crippen LogP contribution in [-0.4, -0.2) is 10.2 Å². The standard InChI is InChI=1S/C19H13Cl3O3/c20-14-8-11(1-4-17(14)23)7-12-2-6-19(16(22)9-12)25-13-3-5-18(24)15(21)10-13/h1-6,8-10,23-24H,7H2. The number of hydrogen-bond donors (Lipinski definition) is 2. The fraction of sp³-hybridized carbons (Fsp3) is 0.0526. The first-order valence-electron chi connectivity index (χ1n) is 7.34. The summed E-state index contributed by atoms with van der Waals surface area (Å²) >= 11 is 18.1. The van der Waals surface area contributed by atoms with E-state index in [9.17, 15) is 10.2 Å². The minimum atomic E-state index is -0.0111. The summed E-state index contributed by atoms with van der Waals surface area (Å²) in [5.41, 5.74) is 1.93. The lowest BCUT2D eigenvalue weighted by atomic mass is 10.0. The lowest BCUT2D eigenvalue weighted by Gasteiger charge is -2.10. The summed E-state index contributed by atoms with van der Waals surface area (Å²) in [5, 5.41) is 19.9. The Morgan fingerprint density at radius 1 is 0.680 bits per heavy atom. The average Bonchev–Trinajstić information content (AvgIpc) is 2.57. The van der Waals surface area contributed by atoms with E-state index in [-0.39, 0.29) is 16.5 Å². The Labute approximate surface area is 160 Å². The first-order chi connectivity index (χ1) is 11.9. The lowest BCUT2D eigenvalue weighted by molar-refractivity contribution is 0.464. The number of hydrogen-bond acceptors (Lipinski definition) is 3. The molecular formula is C19H13Cl3O3. The Bertz CT molecular complexity index is 926. The second kappa shape index (κ2) is 7.44. The molecule has 0 saturated carbocycles. The van der Waals surface area contributed by atoms with Crippen molar-refractivity contribution >= 4 is 34.8 Å². The molecule has 0 heterocycles. The average molecular weight is 396 g/mol. The maximum atomic E-state index is 9.47. The number of rotatable bonds is 4. The number of halogens is 3. The summed E-state index contributed by atoms with van der Waals surface area (Å²) in [6, 6.07) is 15.1. The van der Waals surface area contributed by atoms with Gasteiger partial charge in [-0.15, -0.1) is 0 Å². The van der Waals surface area contributed by atoms with Gasteiger partial charge in [0, 0.05) is 6.07 Å². The molecule has 0 bridgehead atoms. The normalized spacial score (nSPS) is 10.7. The molecule has 128 valence electrons. The van der Waals surface area contributed by atoms with E-state index in [0.29, 0.717) is 28.0 Å².